The maximum absolute atomic E-state index is 9.17. The molecule has 0 amide bonds. The van der Waals surface area contributed by atoms with Gasteiger partial charge in [0, 0.05) is 22.6 Å². The normalized spacial score (nSPS) is 10.3. The largest absolute Gasteiger partial charge is 0.383 e. The van der Waals surface area contributed by atoms with Crippen molar-refractivity contribution in [3.63, 3.8) is 0 Å². The van der Waals surface area contributed by atoms with Crippen LogP contribution in [0.15, 0.2) is 22.8 Å². The van der Waals surface area contributed by atoms with Crippen LogP contribution in [0.1, 0.15) is 24.5 Å². The van der Waals surface area contributed by atoms with Crippen molar-refractivity contribution >= 4 is 32.5 Å². The minimum Gasteiger partial charge on any atom is -0.383 e. The lowest BCUT2D eigenvalue weighted by Gasteiger charge is -2.12. The molecule has 2 aromatic rings. The number of benzene rings is 1. The van der Waals surface area contributed by atoms with Gasteiger partial charge in [0.25, 0.3) is 0 Å². The van der Waals surface area contributed by atoms with Crippen molar-refractivity contribution in [1.82, 2.24) is 4.98 Å². The number of halogens is 1. The van der Waals surface area contributed by atoms with Gasteiger partial charge in [0.05, 0.1) is 16.8 Å². The minimum absolute atomic E-state index is 0.591. The molecule has 1 aromatic carbocycles. The summed E-state index contributed by atoms with van der Waals surface area (Å²) in [5.74, 6) is 0. The van der Waals surface area contributed by atoms with Gasteiger partial charge in [-0.2, -0.15) is 5.26 Å². The monoisotopic (exact) mass is 303 g/mol. The third-order valence-corrected chi connectivity index (χ3v) is 3.26. The van der Waals surface area contributed by atoms with Gasteiger partial charge in [-0.25, -0.2) is 0 Å². The maximum atomic E-state index is 9.17. The molecule has 3 nitrogen and oxygen atoms in total. The first-order chi connectivity index (χ1) is 8.67. The first-order valence-electron chi connectivity index (χ1n) is 5.90. The highest BCUT2D eigenvalue weighted by atomic mass is 79.9. The van der Waals surface area contributed by atoms with E-state index in [9.17, 15) is 5.26 Å². The van der Waals surface area contributed by atoms with Gasteiger partial charge in [-0.1, -0.05) is 22.9 Å². The van der Waals surface area contributed by atoms with Crippen molar-refractivity contribution in [3.8, 4) is 6.07 Å². The summed E-state index contributed by atoms with van der Waals surface area (Å²) in [7, 11) is 0. The van der Waals surface area contributed by atoms with Crippen LogP contribution in [0, 0.1) is 18.3 Å². The van der Waals surface area contributed by atoms with Gasteiger partial charge in [-0.05, 0) is 31.0 Å². The summed E-state index contributed by atoms with van der Waals surface area (Å²) in [5.41, 5.74) is 3.52. The molecule has 0 atom stereocenters. The van der Waals surface area contributed by atoms with E-state index in [4.69, 9.17) is 0 Å². The molecule has 0 bridgehead atoms. The molecule has 0 fully saturated rings. The number of fused-ring (bicyclic) bond motifs is 1. The molecule has 0 aliphatic carbocycles. The van der Waals surface area contributed by atoms with E-state index in [0.29, 0.717) is 5.56 Å². The lowest BCUT2D eigenvalue weighted by atomic mass is 10.1. The molecular weight excluding hydrogens is 290 g/mol. The fraction of sp³-hybridized carbons (Fsp3) is 0.286. The van der Waals surface area contributed by atoms with E-state index in [0.717, 1.165) is 39.6 Å². The van der Waals surface area contributed by atoms with E-state index in [1.807, 2.05) is 19.1 Å². The second-order valence-corrected chi connectivity index (χ2v) is 5.12. The molecule has 0 aliphatic rings. The molecule has 1 aromatic heterocycles. The van der Waals surface area contributed by atoms with Gasteiger partial charge < -0.3 is 5.32 Å². The summed E-state index contributed by atoms with van der Waals surface area (Å²) in [6, 6.07) is 6.24. The van der Waals surface area contributed by atoms with Gasteiger partial charge in [-0.15, -0.1) is 0 Å². The second-order valence-electron chi connectivity index (χ2n) is 4.20. The summed E-state index contributed by atoms with van der Waals surface area (Å²) in [6.07, 6.45) is 2.66. The molecule has 0 aliphatic heterocycles. The van der Waals surface area contributed by atoms with Crippen LogP contribution < -0.4 is 5.32 Å². The topological polar surface area (TPSA) is 48.7 Å². The number of nitriles is 1. The van der Waals surface area contributed by atoms with Crippen LogP contribution in [-0.2, 0) is 0 Å². The number of pyridine rings is 1. The van der Waals surface area contributed by atoms with Crippen LogP contribution in [-0.4, -0.2) is 11.5 Å². The lowest BCUT2D eigenvalue weighted by molar-refractivity contribution is 0.980. The Labute approximate surface area is 115 Å². The molecule has 92 valence electrons. The van der Waals surface area contributed by atoms with E-state index in [1.54, 1.807) is 6.20 Å². The van der Waals surface area contributed by atoms with Gasteiger partial charge >= 0.3 is 0 Å². The first-order valence-corrected chi connectivity index (χ1v) is 6.69. The Morgan fingerprint density at radius 1 is 1.44 bits per heavy atom. The highest BCUT2D eigenvalue weighted by Gasteiger charge is 2.10. The van der Waals surface area contributed by atoms with E-state index >= 15 is 0 Å². The Balaban J connectivity index is 2.72. The van der Waals surface area contributed by atoms with Crippen molar-refractivity contribution in [2.45, 2.75) is 20.3 Å². The SMILES string of the molecule is CCCNc1c(C#N)cnc2c(C)cc(Br)cc12. The van der Waals surface area contributed by atoms with Crippen molar-refractivity contribution in [2.24, 2.45) is 0 Å². The average molecular weight is 304 g/mol. The zero-order valence-electron chi connectivity index (χ0n) is 10.4. The maximum Gasteiger partial charge on any atom is 0.103 e. The summed E-state index contributed by atoms with van der Waals surface area (Å²) in [5, 5.41) is 13.5. The van der Waals surface area contributed by atoms with Crippen LogP contribution >= 0.6 is 15.9 Å². The van der Waals surface area contributed by atoms with Crippen molar-refractivity contribution in [2.75, 3.05) is 11.9 Å². The molecule has 4 heteroatoms. The molecule has 0 radical (unpaired) electrons. The number of hydrogen-bond donors (Lipinski definition) is 1. The smallest absolute Gasteiger partial charge is 0.103 e. The number of rotatable bonds is 3. The van der Waals surface area contributed by atoms with Gasteiger partial charge in [0.15, 0.2) is 0 Å². The van der Waals surface area contributed by atoms with Gasteiger partial charge in [-0.3, -0.25) is 4.98 Å². The standard InChI is InChI=1S/C14H14BrN3/c1-3-4-17-14-10(7-16)8-18-13-9(2)5-11(15)6-12(13)14/h5-6,8H,3-4H2,1-2H3,(H,17,18). The number of anilines is 1. The fourth-order valence-corrected chi connectivity index (χ4v) is 2.53. The molecule has 0 saturated heterocycles. The number of nitrogens with one attached hydrogen (secondary N) is 1. The highest BCUT2D eigenvalue weighted by Crippen LogP contribution is 2.30. The number of nitrogens with zero attached hydrogens (tertiary/aromatic N) is 2. The predicted molar refractivity (Wildman–Crippen MR) is 77.7 cm³/mol. The molecule has 0 unspecified atom stereocenters. The summed E-state index contributed by atoms with van der Waals surface area (Å²) in [6.45, 7) is 4.97. The van der Waals surface area contributed by atoms with Gasteiger partial charge in [0.2, 0.25) is 0 Å². The Kier molecular flexibility index (Phi) is 3.83. The van der Waals surface area contributed by atoms with Crippen LogP contribution in [0.25, 0.3) is 10.9 Å². The van der Waals surface area contributed by atoms with Crippen molar-refractivity contribution < 1.29 is 0 Å². The fourth-order valence-electron chi connectivity index (χ4n) is 1.96. The molecule has 2 rings (SSSR count). The second kappa shape index (κ2) is 5.36. The van der Waals surface area contributed by atoms with Crippen molar-refractivity contribution in [1.29, 1.82) is 5.26 Å². The van der Waals surface area contributed by atoms with Crippen LogP contribution in [0.5, 0.6) is 0 Å². The third-order valence-electron chi connectivity index (χ3n) is 2.80. The molecule has 18 heavy (non-hydrogen) atoms. The zero-order valence-corrected chi connectivity index (χ0v) is 12.0. The molecule has 1 heterocycles. The Bertz CT molecular complexity index is 629. The van der Waals surface area contributed by atoms with E-state index in [2.05, 4.69) is 39.2 Å². The number of hydrogen-bond acceptors (Lipinski definition) is 3. The molecule has 0 saturated carbocycles. The van der Waals surface area contributed by atoms with Crippen LogP contribution in [0.3, 0.4) is 0 Å². The molecular formula is C14H14BrN3. The zero-order chi connectivity index (χ0) is 13.1. The number of aryl methyl sites for hydroxylation is 1. The van der Waals surface area contributed by atoms with Crippen molar-refractivity contribution in [3.05, 3.63) is 33.9 Å². The highest BCUT2D eigenvalue weighted by molar-refractivity contribution is 9.10. The minimum atomic E-state index is 0.591. The van der Waals surface area contributed by atoms with E-state index in [1.165, 1.54) is 0 Å². The van der Waals surface area contributed by atoms with Crippen LogP contribution in [0.2, 0.25) is 0 Å². The Hall–Kier alpha value is -1.60. The summed E-state index contributed by atoms with van der Waals surface area (Å²) < 4.78 is 1.00. The predicted octanol–water partition coefficient (Wildman–Crippen LogP) is 4.00. The summed E-state index contributed by atoms with van der Waals surface area (Å²) >= 11 is 3.49. The number of aromatic nitrogens is 1. The molecule has 1 N–H and O–H groups in total. The summed E-state index contributed by atoms with van der Waals surface area (Å²) in [4.78, 5) is 4.38. The molecule has 0 spiro atoms. The quantitative estimate of drug-likeness (QED) is 0.932. The average Bonchev–Trinajstić information content (AvgIpc) is 2.35. The van der Waals surface area contributed by atoms with E-state index < -0.39 is 0 Å². The van der Waals surface area contributed by atoms with Gasteiger partial charge in [0.1, 0.15) is 6.07 Å². The first kappa shape index (κ1) is 12.8. The third kappa shape index (κ3) is 2.32. The Morgan fingerprint density at radius 2 is 2.22 bits per heavy atom. The lowest BCUT2D eigenvalue weighted by Crippen LogP contribution is -2.03. The van der Waals surface area contributed by atoms with Crippen LogP contribution in [0.4, 0.5) is 5.69 Å². The Morgan fingerprint density at radius 3 is 2.89 bits per heavy atom. The van der Waals surface area contributed by atoms with E-state index in [-0.39, 0.29) is 0 Å².